The van der Waals surface area contributed by atoms with Gasteiger partial charge in [-0.05, 0) is 41.8 Å². The first-order valence-electron chi connectivity index (χ1n) is 10.6. The molecule has 0 unspecified atom stereocenters. The molecule has 1 saturated heterocycles. The second-order valence-electron chi connectivity index (χ2n) is 7.69. The Morgan fingerprint density at radius 3 is 2.36 bits per heavy atom. The highest BCUT2D eigenvalue weighted by Crippen LogP contribution is 2.29. The number of amides is 3. The van der Waals surface area contributed by atoms with Gasteiger partial charge in [0.05, 0.1) is 11.4 Å². The fourth-order valence-electron chi connectivity index (χ4n) is 3.76. The fourth-order valence-corrected chi connectivity index (χ4v) is 3.76. The van der Waals surface area contributed by atoms with Crippen LogP contribution in [0.5, 0.6) is 0 Å². The summed E-state index contributed by atoms with van der Waals surface area (Å²) in [4.78, 5) is 28.6. The van der Waals surface area contributed by atoms with Crippen LogP contribution in [0.1, 0.15) is 17.5 Å². The molecule has 170 valence electrons. The van der Waals surface area contributed by atoms with Crippen molar-refractivity contribution in [1.29, 1.82) is 0 Å². The normalized spacial score (nSPS) is 13.7. The van der Waals surface area contributed by atoms with E-state index in [1.165, 1.54) is 17.0 Å². The smallest absolute Gasteiger partial charge is 0.412 e. The van der Waals surface area contributed by atoms with Gasteiger partial charge in [0.1, 0.15) is 18.2 Å². The summed E-state index contributed by atoms with van der Waals surface area (Å²) in [6.07, 6.45) is 0.0268. The van der Waals surface area contributed by atoms with Crippen molar-refractivity contribution in [2.24, 2.45) is 0 Å². The van der Waals surface area contributed by atoms with Gasteiger partial charge in [0, 0.05) is 25.7 Å². The molecule has 0 atom stereocenters. The molecule has 8 heteroatoms. The predicted molar refractivity (Wildman–Crippen MR) is 121 cm³/mol. The van der Waals surface area contributed by atoms with Crippen molar-refractivity contribution in [2.45, 2.75) is 19.6 Å². The first-order valence-corrected chi connectivity index (χ1v) is 10.6. The molecule has 3 aromatic rings. The van der Waals surface area contributed by atoms with Crippen LogP contribution in [0.3, 0.4) is 0 Å². The molecule has 1 aliphatic heterocycles. The topological polar surface area (TPSA) is 61.9 Å². The molecular weight excluding hydrogens is 428 g/mol. The number of anilines is 2. The van der Waals surface area contributed by atoms with Gasteiger partial charge in [-0.2, -0.15) is 0 Å². The summed E-state index contributed by atoms with van der Waals surface area (Å²) in [5.74, 6) is -1.37. The molecule has 0 saturated carbocycles. The lowest BCUT2D eigenvalue weighted by Crippen LogP contribution is -2.49. The van der Waals surface area contributed by atoms with E-state index in [9.17, 15) is 18.4 Å². The van der Waals surface area contributed by atoms with Gasteiger partial charge < -0.3 is 9.64 Å². The van der Waals surface area contributed by atoms with Crippen molar-refractivity contribution in [1.82, 2.24) is 4.90 Å². The highest BCUT2D eigenvalue weighted by atomic mass is 19.1. The number of nitrogens with zero attached hydrogens (tertiary/aromatic N) is 2. The second-order valence-corrected chi connectivity index (χ2v) is 7.69. The highest BCUT2D eigenvalue weighted by molar-refractivity contribution is 5.99. The van der Waals surface area contributed by atoms with E-state index in [2.05, 4.69) is 5.32 Å². The van der Waals surface area contributed by atoms with Crippen LogP contribution < -0.4 is 10.2 Å². The van der Waals surface area contributed by atoms with Gasteiger partial charge in [0.2, 0.25) is 0 Å². The number of carbonyl (C=O) groups excluding carboxylic acids is 2. The molecule has 0 aliphatic carbocycles. The summed E-state index contributed by atoms with van der Waals surface area (Å²) < 4.78 is 32.4. The Balaban J connectivity index is 1.45. The first-order chi connectivity index (χ1) is 16.0. The van der Waals surface area contributed by atoms with Gasteiger partial charge in [-0.3, -0.25) is 10.2 Å². The summed E-state index contributed by atoms with van der Waals surface area (Å²) in [7, 11) is 0. The van der Waals surface area contributed by atoms with Crippen LogP contribution in [0.25, 0.3) is 0 Å². The van der Waals surface area contributed by atoms with E-state index >= 15 is 0 Å². The summed E-state index contributed by atoms with van der Waals surface area (Å²) >= 11 is 0. The number of hydrogen-bond acceptors (Lipinski definition) is 3. The Labute approximate surface area is 190 Å². The molecule has 6 nitrogen and oxygen atoms in total. The van der Waals surface area contributed by atoms with Gasteiger partial charge in [-0.1, -0.05) is 42.5 Å². The Bertz CT molecular complexity index is 1120. The standard InChI is InChI=1S/C25H23F2N3O3/c26-20-13-19(14-21(27)15-20)16-29-11-6-12-30(25(29)32)23-10-5-4-9-22(23)28-24(31)33-17-18-7-2-1-3-8-18/h1-5,7-10,13-15H,6,11-12,16-17H2,(H,28,31). The number of nitrogens with one attached hydrogen (secondary N) is 1. The summed E-state index contributed by atoms with van der Waals surface area (Å²) in [5.41, 5.74) is 2.19. The molecule has 1 fully saturated rings. The first kappa shape index (κ1) is 22.3. The number of carbonyl (C=O) groups is 2. The number of hydrogen-bond donors (Lipinski definition) is 1. The molecular formula is C25H23F2N3O3. The third-order valence-electron chi connectivity index (χ3n) is 5.25. The van der Waals surface area contributed by atoms with Crippen LogP contribution >= 0.6 is 0 Å². The Morgan fingerprint density at radius 1 is 0.909 bits per heavy atom. The number of rotatable bonds is 6. The molecule has 1 N–H and O–H groups in total. The third kappa shape index (κ3) is 5.65. The number of para-hydroxylation sites is 2. The summed E-state index contributed by atoms with van der Waals surface area (Å²) in [6, 6.07) is 19.2. The van der Waals surface area contributed by atoms with Crippen molar-refractivity contribution in [3.8, 4) is 0 Å². The fraction of sp³-hybridized carbons (Fsp3) is 0.200. The van der Waals surface area contributed by atoms with Crippen molar-refractivity contribution in [3.63, 3.8) is 0 Å². The predicted octanol–water partition coefficient (Wildman–Crippen LogP) is 5.55. The van der Waals surface area contributed by atoms with Crippen LogP contribution in [-0.4, -0.2) is 30.1 Å². The second kappa shape index (κ2) is 10.1. The van der Waals surface area contributed by atoms with E-state index in [-0.39, 0.29) is 19.2 Å². The number of ether oxygens (including phenoxy) is 1. The van der Waals surface area contributed by atoms with E-state index < -0.39 is 17.7 Å². The minimum absolute atomic E-state index is 0.0821. The maximum absolute atomic E-state index is 13.6. The van der Waals surface area contributed by atoms with Crippen molar-refractivity contribution in [3.05, 3.63) is 95.6 Å². The quantitative estimate of drug-likeness (QED) is 0.535. The maximum Gasteiger partial charge on any atom is 0.412 e. The van der Waals surface area contributed by atoms with Gasteiger partial charge in [-0.15, -0.1) is 0 Å². The van der Waals surface area contributed by atoms with Crippen LogP contribution in [0, 0.1) is 11.6 Å². The number of halogens is 2. The van der Waals surface area contributed by atoms with Crippen LogP contribution in [0.4, 0.5) is 29.7 Å². The largest absolute Gasteiger partial charge is 0.444 e. The molecule has 3 amide bonds. The number of urea groups is 1. The summed E-state index contributed by atoms with van der Waals surface area (Å²) in [5, 5.41) is 2.71. The SMILES string of the molecule is O=C(Nc1ccccc1N1CCCN(Cc2cc(F)cc(F)c2)C1=O)OCc1ccccc1. The van der Waals surface area contributed by atoms with E-state index in [0.29, 0.717) is 36.4 Å². The minimum Gasteiger partial charge on any atom is -0.444 e. The molecule has 0 aromatic heterocycles. The highest BCUT2D eigenvalue weighted by Gasteiger charge is 2.28. The van der Waals surface area contributed by atoms with Crippen LogP contribution in [0.15, 0.2) is 72.8 Å². The van der Waals surface area contributed by atoms with Crippen molar-refractivity contribution in [2.75, 3.05) is 23.3 Å². The molecule has 1 aliphatic rings. The van der Waals surface area contributed by atoms with Gasteiger partial charge in [0.25, 0.3) is 0 Å². The maximum atomic E-state index is 13.6. The molecule has 33 heavy (non-hydrogen) atoms. The van der Waals surface area contributed by atoms with Crippen molar-refractivity contribution >= 4 is 23.5 Å². The molecule has 3 aromatic carbocycles. The van der Waals surface area contributed by atoms with E-state index in [1.54, 1.807) is 29.2 Å². The minimum atomic E-state index is -0.685. The van der Waals surface area contributed by atoms with E-state index in [0.717, 1.165) is 11.6 Å². The van der Waals surface area contributed by atoms with Crippen LogP contribution in [0.2, 0.25) is 0 Å². The monoisotopic (exact) mass is 451 g/mol. The Kier molecular flexibility index (Phi) is 6.83. The van der Waals surface area contributed by atoms with Gasteiger partial charge in [-0.25, -0.2) is 18.4 Å². The van der Waals surface area contributed by atoms with E-state index in [1.807, 2.05) is 30.3 Å². The average molecular weight is 451 g/mol. The molecule has 0 radical (unpaired) electrons. The lowest BCUT2D eigenvalue weighted by atomic mass is 10.1. The van der Waals surface area contributed by atoms with Gasteiger partial charge in [0.15, 0.2) is 0 Å². The Morgan fingerprint density at radius 2 is 1.61 bits per heavy atom. The lowest BCUT2D eigenvalue weighted by molar-refractivity contribution is 0.155. The van der Waals surface area contributed by atoms with Crippen LogP contribution in [-0.2, 0) is 17.9 Å². The molecule has 4 rings (SSSR count). The molecule has 1 heterocycles. The average Bonchev–Trinajstić information content (AvgIpc) is 2.80. The molecule has 0 spiro atoms. The van der Waals surface area contributed by atoms with Gasteiger partial charge >= 0.3 is 12.1 Å². The third-order valence-corrected chi connectivity index (χ3v) is 5.25. The van der Waals surface area contributed by atoms with E-state index in [4.69, 9.17) is 4.74 Å². The number of benzene rings is 3. The zero-order valence-electron chi connectivity index (χ0n) is 17.8. The van der Waals surface area contributed by atoms with Crippen molar-refractivity contribution < 1.29 is 23.1 Å². The zero-order valence-corrected chi connectivity index (χ0v) is 17.8. The lowest BCUT2D eigenvalue weighted by Gasteiger charge is -2.36. The summed E-state index contributed by atoms with van der Waals surface area (Å²) in [6.45, 7) is 1.11. The molecule has 0 bridgehead atoms. The zero-order chi connectivity index (χ0) is 23.2. The Hall–Kier alpha value is -3.94.